The fourth-order valence-electron chi connectivity index (χ4n) is 3.99. The summed E-state index contributed by atoms with van der Waals surface area (Å²) in [6.07, 6.45) is 4.93. The van der Waals surface area contributed by atoms with Gasteiger partial charge in [-0.3, -0.25) is 4.90 Å². The summed E-state index contributed by atoms with van der Waals surface area (Å²) in [5.41, 5.74) is 7.05. The Kier molecular flexibility index (Phi) is 5.86. The van der Waals surface area contributed by atoms with Crippen molar-refractivity contribution in [3.63, 3.8) is 0 Å². The van der Waals surface area contributed by atoms with Gasteiger partial charge in [0.15, 0.2) is 5.76 Å². The van der Waals surface area contributed by atoms with Crippen LogP contribution in [0.5, 0.6) is 0 Å². The second-order valence-electron chi connectivity index (χ2n) is 7.73. The smallest absolute Gasteiger partial charge is 0.259 e. The molecule has 1 fully saturated rings. The van der Waals surface area contributed by atoms with Crippen LogP contribution in [0.2, 0.25) is 10.0 Å². The normalized spacial score (nSPS) is 17.1. The van der Waals surface area contributed by atoms with Gasteiger partial charge < -0.3 is 15.5 Å². The number of fused-ring (bicyclic) bond motifs is 1. The molecule has 1 aliphatic rings. The molecule has 4 heterocycles. The Labute approximate surface area is 194 Å². The number of anilines is 2. The van der Waals surface area contributed by atoms with Crippen LogP contribution in [0, 0.1) is 0 Å². The highest BCUT2D eigenvalue weighted by atomic mass is 35.5. The molecule has 0 aliphatic carbocycles. The maximum absolute atomic E-state index is 6.40. The second-order valence-corrected chi connectivity index (χ2v) is 8.55. The fraction of sp³-hybridized carbons (Fsp3) is 0.333. The highest BCUT2D eigenvalue weighted by Crippen LogP contribution is 2.28. The predicted molar refractivity (Wildman–Crippen MR) is 124 cm³/mol. The van der Waals surface area contributed by atoms with E-state index in [0.717, 1.165) is 31.4 Å². The van der Waals surface area contributed by atoms with Gasteiger partial charge in [-0.2, -0.15) is 19.5 Å². The van der Waals surface area contributed by atoms with Crippen LogP contribution in [0.1, 0.15) is 24.8 Å². The third-order valence-electron chi connectivity index (χ3n) is 5.64. The summed E-state index contributed by atoms with van der Waals surface area (Å²) >= 11 is 12.8. The van der Waals surface area contributed by atoms with E-state index >= 15 is 0 Å². The molecule has 4 aromatic rings. The van der Waals surface area contributed by atoms with Gasteiger partial charge in [-0.25, -0.2) is 0 Å². The Morgan fingerprint density at radius 1 is 1.09 bits per heavy atom. The molecule has 5 rings (SSSR count). The number of nitrogen functional groups attached to an aromatic ring is 1. The van der Waals surface area contributed by atoms with Crippen molar-refractivity contribution in [2.75, 3.05) is 24.1 Å². The quantitative estimate of drug-likeness (QED) is 0.430. The molecule has 1 aliphatic heterocycles. The summed E-state index contributed by atoms with van der Waals surface area (Å²) in [4.78, 5) is 15.6. The van der Waals surface area contributed by atoms with E-state index in [2.05, 4.69) is 30.3 Å². The maximum Gasteiger partial charge on any atom is 0.259 e. The fourth-order valence-corrected chi connectivity index (χ4v) is 4.51. The zero-order chi connectivity index (χ0) is 22.1. The molecule has 9 nitrogen and oxygen atoms in total. The molecule has 0 radical (unpaired) electrons. The van der Waals surface area contributed by atoms with Gasteiger partial charge in [-0.1, -0.05) is 35.7 Å². The third kappa shape index (κ3) is 4.23. The number of hydrogen-bond donors (Lipinski definition) is 2. The van der Waals surface area contributed by atoms with Crippen LogP contribution >= 0.6 is 23.2 Å². The largest absolute Gasteiger partial charge is 0.461 e. The van der Waals surface area contributed by atoms with Gasteiger partial charge in [-0.05, 0) is 43.7 Å². The maximum atomic E-state index is 6.40. The van der Waals surface area contributed by atoms with Crippen molar-refractivity contribution in [3.05, 3.63) is 52.2 Å². The van der Waals surface area contributed by atoms with Gasteiger partial charge in [0, 0.05) is 34.7 Å². The SMILES string of the molecule is Nc1nc(NCC2CCCCN2Cc2c(Cl)cccc2Cl)nc2nc(-c3ccco3)nn12. The number of furan rings is 1. The number of benzene rings is 1. The third-order valence-corrected chi connectivity index (χ3v) is 6.35. The Bertz CT molecular complexity index is 1210. The van der Waals surface area contributed by atoms with Crippen LogP contribution in [0.4, 0.5) is 11.9 Å². The van der Waals surface area contributed by atoms with Gasteiger partial charge in [0.2, 0.25) is 17.7 Å². The Hall–Kier alpha value is -2.88. The van der Waals surface area contributed by atoms with Crippen molar-refractivity contribution in [1.82, 2.24) is 29.5 Å². The van der Waals surface area contributed by atoms with Crippen molar-refractivity contribution >= 4 is 40.9 Å². The summed E-state index contributed by atoms with van der Waals surface area (Å²) in [7, 11) is 0. The summed E-state index contributed by atoms with van der Waals surface area (Å²) in [6.45, 7) is 2.34. The molecule has 3 aromatic heterocycles. The lowest BCUT2D eigenvalue weighted by Crippen LogP contribution is -2.43. The van der Waals surface area contributed by atoms with E-state index in [-0.39, 0.29) is 12.0 Å². The highest BCUT2D eigenvalue weighted by Gasteiger charge is 2.24. The van der Waals surface area contributed by atoms with E-state index in [4.69, 9.17) is 33.4 Å². The van der Waals surface area contributed by atoms with Crippen molar-refractivity contribution < 1.29 is 4.42 Å². The Morgan fingerprint density at radius 2 is 1.94 bits per heavy atom. The molecule has 1 aromatic carbocycles. The van der Waals surface area contributed by atoms with Crippen LogP contribution in [0.15, 0.2) is 41.0 Å². The number of rotatable bonds is 6. The number of halogens is 2. The van der Waals surface area contributed by atoms with Crippen LogP contribution < -0.4 is 11.1 Å². The topological polar surface area (TPSA) is 110 Å². The number of hydrogen-bond acceptors (Lipinski definition) is 8. The first-order valence-corrected chi connectivity index (χ1v) is 11.2. The number of nitrogens with zero attached hydrogens (tertiary/aromatic N) is 6. The van der Waals surface area contributed by atoms with Gasteiger partial charge >= 0.3 is 0 Å². The van der Waals surface area contributed by atoms with E-state index in [9.17, 15) is 0 Å². The lowest BCUT2D eigenvalue weighted by Gasteiger charge is -2.36. The van der Waals surface area contributed by atoms with Gasteiger partial charge in [-0.15, -0.1) is 5.10 Å². The minimum absolute atomic E-state index is 0.200. The van der Waals surface area contributed by atoms with Gasteiger partial charge in [0.1, 0.15) is 0 Å². The molecule has 3 N–H and O–H groups in total. The van der Waals surface area contributed by atoms with Gasteiger partial charge in [0.05, 0.1) is 6.26 Å². The van der Waals surface area contributed by atoms with Crippen LogP contribution in [0.3, 0.4) is 0 Å². The predicted octanol–water partition coefficient (Wildman–Crippen LogP) is 4.13. The van der Waals surface area contributed by atoms with Crippen molar-refractivity contribution in [2.45, 2.75) is 31.8 Å². The van der Waals surface area contributed by atoms with Crippen LogP contribution in [-0.4, -0.2) is 48.6 Å². The molecule has 0 spiro atoms. The number of likely N-dealkylation sites (tertiary alicyclic amines) is 1. The first kappa shape index (κ1) is 21.0. The lowest BCUT2D eigenvalue weighted by atomic mass is 10.0. The minimum Gasteiger partial charge on any atom is -0.461 e. The minimum atomic E-state index is 0.200. The average molecular weight is 473 g/mol. The summed E-state index contributed by atoms with van der Waals surface area (Å²) < 4.78 is 6.75. The molecule has 0 bridgehead atoms. The molecular formula is C21H22Cl2N8O. The van der Waals surface area contributed by atoms with Crippen molar-refractivity contribution in [1.29, 1.82) is 0 Å². The second kappa shape index (κ2) is 8.93. The van der Waals surface area contributed by atoms with Crippen LogP contribution in [0.25, 0.3) is 17.4 Å². The Morgan fingerprint density at radius 3 is 2.72 bits per heavy atom. The monoisotopic (exact) mass is 472 g/mol. The first-order valence-electron chi connectivity index (χ1n) is 10.4. The van der Waals surface area contributed by atoms with Crippen molar-refractivity contribution in [2.24, 2.45) is 0 Å². The number of nitrogens with one attached hydrogen (secondary N) is 1. The van der Waals surface area contributed by atoms with E-state index < -0.39 is 0 Å². The summed E-state index contributed by atoms with van der Waals surface area (Å²) in [5, 5.41) is 9.02. The molecule has 166 valence electrons. The number of piperidine rings is 1. The van der Waals surface area contributed by atoms with E-state index in [1.807, 2.05) is 18.2 Å². The number of aromatic nitrogens is 5. The lowest BCUT2D eigenvalue weighted by molar-refractivity contribution is 0.148. The van der Waals surface area contributed by atoms with E-state index in [1.165, 1.54) is 4.52 Å². The molecule has 1 unspecified atom stereocenters. The molecule has 11 heteroatoms. The molecule has 0 amide bonds. The molecule has 1 saturated heterocycles. The highest BCUT2D eigenvalue weighted by molar-refractivity contribution is 6.35. The van der Waals surface area contributed by atoms with E-state index in [0.29, 0.717) is 46.4 Å². The van der Waals surface area contributed by atoms with Crippen LogP contribution in [-0.2, 0) is 6.54 Å². The Balaban J connectivity index is 1.32. The molecule has 0 saturated carbocycles. The van der Waals surface area contributed by atoms with Gasteiger partial charge in [0.25, 0.3) is 5.78 Å². The zero-order valence-electron chi connectivity index (χ0n) is 17.2. The summed E-state index contributed by atoms with van der Waals surface area (Å²) in [6, 6.07) is 9.45. The number of nitrogens with two attached hydrogens (primary N) is 1. The zero-order valence-corrected chi connectivity index (χ0v) is 18.7. The standard InChI is InChI=1S/C21H22Cl2N8O/c22-15-6-3-7-16(23)14(15)12-30-9-2-1-5-13(30)11-25-20-27-19(24)31-21(28-20)26-18(29-31)17-8-4-10-32-17/h3-4,6-8,10,13H,1-2,5,9,11-12H2,(H3,24,25,26,27,28,29). The first-order chi connectivity index (χ1) is 15.6. The molecule has 32 heavy (non-hydrogen) atoms. The molecule has 1 atom stereocenters. The summed E-state index contributed by atoms with van der Waals surface area (Å²) in [5.74, 6) is 1.92. The van der Waals surface area contributed by atoms with E-state index in [1.54, 1.807) is 18.4 Å². The molecular weight excluding hydrogens is 451 g/mol. The average Bonchev–Trinajstić information content (AvgIpc) is 3.46. The van der Waals surface area contributed by atoms with Crippen molar-refractivity contribution in [3.8, 4) is 11.6 Å².